The first-order chi connectivity index (χ1) is 11.9. The van der Waals surface area contributed by atoms with Crippen molar-refractivity contribution >= 4 is 15.9 Å². The highest BCUT2D eigenvalue weighted by atomic mass is 32.2. The average molecular weight is 358 g/mol. The molecule has 1 aliphatic heterocycles. The zero-order valence-corrected chi connectivity index (χ0v) is 15.0. The van der Waals surface area contributed by atoms with Crippen molar-refractivity contribution < 1.29 is 13.2 Å². The maximum atomic E-state index is 12.9. The maximum absolute atomic E-state index is 12.9. The summed E-state index contributed by atoms with van der Waals surface area (Å²) in [6, 6.07) is 19.7. The van der Waals surface area contributed by atoms with Crippen molar-refractivity contribution in [1.82, 2.24) is 9.21 Å². The molecule has 1 fully saturated rings. The van der Waals surface area contributed by atoms with Crippen LogP contribution >= 0.6 is 0 Å². The van der Waals surface area contributed by atoms with Gasteiger partial charge in [-0.2, -0.15) is 0 Å². The molecule has 1 saturated heterocycles. The molecule has 25 heavy (non-hydrogen) atoms. The summed E-state index contributed by atoms with van der Waals surface area (Å²) in [7, 11) is -3.21. The highest BCUT2D eigenvalue weighted by molar-refractivity contribution is 7.88. The summed E-state index contributed by atoms with van der Waals surface area (Å²) < 4.78 is 24.4. The molecule has 1 aliphatic rings. The average Bonchev–Trinajstić information content (AvgIpc) is 2.53. The molecule has 0 N–H and O–H groups in total. The normalized spacial score (nSPS) is 15.6. The summed E-state index contributed by atoms with van der Waals surface area (Å²) in [6.45, 7) is 1.59. The molecule has 0 spiro atoms. The number of hydrogen-bond donors (Lipinski definition) is 0. The van der Waals surface area contributed by atoms with Crippen LogP contribution in [-0.4, -0.2) is 42.9 Å². The summed E-state index contributed by atoms with van der Waals surface area (Å²) in [4.78, 5) is 14.7. The summed E-state index contributed by atoms with van der Waals surface area (Å²) >= 11 is 0. The number of benzene rings is 2. The van der Waals surface area contributed by atoms with Crippen molar-refractivity contribution in [3.05, 3.63) is 71.8 Å². The first-order valence-corrected chi connectivity index (χ1v) is 10.1. The SMILES string of the molecule is CS(=O)(=O)N1CC(C(=O)N(Cc2ccccc2)Cc2ccccc2)C1. The molecule has 0 aromatic heterocycles. The fourth-order valence-corrected chi connectivity index (χ4v) is 3.84. The third kappa shape index (κ3) is 4.46. The topological polar surface area (TPSA) is 57.7 Å². The molecule has 1 amide bonds. The molecule has 0 radical (unpaired) electrons. The number of amides is 1. The standard InChI is InChI=1S/C19H22N2O3S/c1-25(23,24)21-14-18(15-21)19(22)20(12-16-8-4-2-5-9-16)13-17-10-6-3-7-11-17/h2-11,18H,12-15H2,1H3. The first-order valence-electron chi connectivity index (χ1n) is 8.25. The lowest BCUT2D eigenvalue weighted by Crippen LogP contribution is -2.55. The molecule has 3 rings (SSSR count). The van der Waals surface area contributed by atoms with Gasteiger partial charge in [-0.1, -0.05) is 60.7 Å². The first kappa shape index (κ1) is 17.6. The van der Waals surface area contributed by atoms with Crippen molar-refractivity contribution in [2.45, 2.75) is 13.1 Å². The molecule has 2 aromatic rings. The smallest absolute Gasteiger partial charge is 0.228 e. The van der Waals surface area contributed by atoms with E-state index in [1.54, 1.807) is 0 Å². The molecule has 6 heteroatoms. The highest BCUT2D eigenvalue weighted by Crippen LogP contribution is 2.23. The predicted molar refractivity (Wildman–Crippen MR) is 97.0 cm³/mol. The molecule has 0 bridgehead atoms. The fourth-order valence-electron chi connectivity index (χ4n) is 2.94. The zero-order chi connectivity index (χ0) is 17.9. The molecule has 0 aliphatic carbocycles. The van der Waals surface area contributed by atoms with E-state index in [0.29, 0.717) is 13.1 Å². The minimum absolute atomic E-state index is 0.00704. The molecule has 2 aromatic carbocycles. The minimum atomic E-state index is -3.21. The molecule has 5 nitrogen and oxygen atoms in total. The van der Waals surface area contributed by atoms with E-state index in [1.807, 2.05) is 65.6 Å². The van der Waals surface area contributed by atoms with Gasteiger partial charge in [-0.25, -0.2) is 12.7 Å². The predicted octanol–water partition coefficient (Wildman–Crippen LogP) is 2.11. The van der Waals surface area contributed by atoms with Gasteiger partial charge >= 0.3 is 0 Å². The lowest BCUT2D eigenvalue weighted by Gasteiger charge is -2.39. The molecule has 0 unspecified atom stereocenters. The van der Waals surface area contributed by atoms with Crippen LogP contribution in [0.4, 0.5) is 0 Å². The van der Waals surface area contributed by atoms with Gasteiger partial charge in [-0.05, 0) is 11.1 Å². The molecular formula is C19H22N2O3S. The number of nitrogens with zero attached hydrogens (tertiary/aromatic N) is 2. The fraction of sp³-hybridized carbons (Fsp3) is 0.316. The zero-order valence-electron chi connectivity index (χ0n) is 14.2. The maximum Gasteiger partial charge on any atom is 0.228 e. The number of carbonyl (C=O) groups excluding carboxylic acids is 1. The van der Waals surface area contributed by atoms with E-state index in [-0.39, 0.29) is 24.9 Å². The van der Waals surface area contributed by atoms with Gasteiger partial charge in [-0.3, -0.25) is 4.79 Å². The number of carbonyl (C=O) groups is 1. The quantitative estimate of drug-likeness (QED) is 0.795. The second kappa shape index (κ2) is 7.37. The Balaban J connectivity index is 1.73. The lowest BCUT2D eigenvalue weighted by atomic mass is 10.0. The Labute approximate surface area is 148 Å². The van der Waals surface area contributed by atoms with Crippen molar-refractivity contribution in [3.8, 4) is 0 Å². The Hall–Kier alpha value is -2.18. The summed E-state index contributed by atoms with van der Waals surface area (Å²) in [6.07, 6.45) is 1.18. The van der Waals surface area contributed by atoms with Gasteiger partial charge in [0.05, 0.1) is 12.2 Å². The second-order valence-electron chi connectivity index (χ2n) is 6.44. The van der Waals surface area contributed by atoms with Crippen molar-refractivity contribution in [3.63, 3.8) is 0 Å². The number of sulfonamides is 1. The van der Waals surface area contributed by atoms with Crippen LogP contribution in [0.1, 0.15) is 11.1 Å². The Bertz CT molecular complexity index is 775. The Morgan fingerprint density at radius 2 is 1.40 bits per heavy atom. The number of hydrogen-bond acceptors (Lipinski definition) is 3. The van der Waals surface area contributed by atoms with E-state index in [0.717, 1.165) is 11.1 Å². The van der Waals surface area contributed by atoms with Crippen LogP contribution in [0.2, 0.25) is 0 Å². The van der Waals surface area contributed by atoms with Crippen molar-refractivity contribution in [1.29, 1.82) is 0 Å². The second-order valence-corrected chi connectivity index (χ2v) is 8.42. The van der Waals surface area contributed by atoms with Gasteiger partial charge in [0.2, 0.25) is 15.9 Å². The molecule has 1 heterocycles. The third-order valence-corrected chi connectivity index (χ3v) is 5.65. The summed E-state index contributed by atoms with van der Waals surface area (Å²) in [5, 5.41) is 0. The van der Waals surface area contributed by atoms with Crippen LogP contribution < -0.4 is 0 Å². The van der Waals surface area contributed by atoms with Crippen molar-refractivity contribution in [2.24, 2.45) is 5.92 Å². The molecule has 132 valence electrons. The minimum Gasteiger partial charge on any atom is -0.334 e. The van der Waals surface area contributed by atoms with Crippen LogP contribution in [0.25, 0.3) is 0 Å². The number of rotatable bonds is 6. The van der Waals surface area contributed by atoms with E-state index in [2.05, 4.69) is 0 Å². The molecule has 0 atom stereocenters. The van der Waals surface area contributed by atoms with Gasteiger partial charge in [-0.15, -0.1) is 0 Å². The van der Waals surface area contributed by atoms with Gasteiger partial charge < -0.3 is 4.90 Å². The van der Waals surface area contributed by atoms with Crippen molar-refractivity contribution in [2.75, 3.05) is 19.3 Å². The van der Waals surface area contributed by atoms with Gasteiger partial charge in [0.25, 0.3) is 0 Å². The van der Waals surface area contributed by atoms with E-state index in [1.165, 1.54) is 10.6 Å². The lowest BCUT2D eigenvalue weighted by molar-refractivity contribution is -0.140. The monoisotopic (exact) mass is 358 g/mol. The Kier molecular flexibility index (Phi) is 5.20. The van der Waals surface area contributed by atoms with E-state index < -0.39 is 10.0 Å². The van der Waals surface area contributed by atoms with E-state index in [4.69, 9.17) is 0 Å². The van der Waals surface area contributed by atoms with Gasteiger partial charge in [0.1, 0.15) is 0 Å². The summed E-state index contributed by atoms with van der Waals surface area (Å²) in [5.74, 6) is -0.255. The largest absolute Gasteiger partial charge is 0.334 e. The van der Waals surface area contributed by atoms with Crippen LogP contribution in [0, 0.1) is 5.92 Å². The molecule has 0 saturated carbocycles. The van der Waals surface area contributed by atoms with Crippen LogP contribution in [0.15, 0.2) is 60.7 Å². The highest BCUT2D eigenvalue weighted by Gasteiger charge is 2.39. The molecular weight excluding hydrogens is 336 g/mol. The van der Waals surface area contributed by atoms with E-state index >= 15 is 0 Å². The van der Waals surface area contributed by atoms with Gasteiger partial charge in [0.15, 0.2) is 0 Å². The Morgan fingerprint density at radius 3 is 1.80 bits per heavy atom. The Morgan fingerprint density at radius 1 is 0.960 bits per heavy atom. The van der Waals surface area contributed by atoms with Crippen LogP contribution in [0.3, 0.4) is 0 Å². The third-order valence-electron chi connectivity index (χ3n) is 4.41. The van der Waals surface area contributed by atoms with Crippen LogP contribution in [-0.2, 0) is 27.9 Å². The van der Waals surface area contributed by atoms with Gasteiger partial charge in [0, 0.05) is 26.2 Å². The van der Waals surface area contributed by atoms with Crippen LogP contribution in [0.5, 0.6) is 0 Å². The summed E-state index contributed by atoms with van der Waals surface area (Å²) in [5.41, 5.74) is 2.12. The van der Waals surface area contributed by atoms with E-state index in [9.17, 15) is 13.2 Å².